The van der Waals surface area contributed by atoms with E-state index in [-0.39, 0.29) is 93.9 Å². The third-order valence-electron chi connectivity index (χ3n) is 23.1. The van der Waals surface area contributed by atoms with E-state index in [2.05, 4.69) is 10.6 Å². The first kappa shape index (κ1) is 78.0. The summed E-state index contributed by atoms with van der Waals surface area (Å²) in [6.07, 6.45) is -13.4. The molecule has 0 saturated carbocycles. The number of carbonyl (C=O) groups is 8. The molecule has 8 aromatic rings. The molecule has 28 nitrogen and oxygen atoms in total. The van der Waals surface area contributed by atoms with Crippen LogP contribution in [0.2, 0.25) is 0 Å². The number of nitrogens with one attached hydrogen (secondary N) is 2. The van der Waals surface area contributed by atoms with Crippen LogP contribution in [0.15, 0.2) is 133 Å². The zero-order valence-electron chi connectivity index (χ0n) is 62.6. The fourth-order valence-corrected chi connectivity index (χ4v) is 17.5. The summed E-state index contributed by atoms with van der Waals surface area (Å²) in [6, 6.07) is 38.5. The average molecular weight is 1560 g/mol. The normalized spacial score (nSPS) is 24.8. The van der Waals surface area contributed by atoms with Gasteiger partial charge in [-0.05, 0) is 70.5 Å². The number of aromatic hydroxyl groups is 4. The first-order valence-corrected chi connectivity index (χ1v) is 37.2. The number of carbonyl (C=O) groups excluding carboxylic acids is 8. The van der Waals surface area contributed by atoms with Crippen LogP contribution >= 0.6 is 0 Å². The Bertz CT molecular complexity index is 4880. The summed E-state index contributed by atoms with van der Waals surface area (Å²) in [7, 11) is 5.20. The van der Waals surface area contributed by atoms with Crippen molar-refractivity contribution in [3.8, 4) is 56.8 Å². The average Bonchev–Trinajstić information content (AvgIpc) is 1.08. The first-order valence-electron chi connectivity index (χ1n) is 37.2. The molecular formula is C86H82N2O26. The van der Waals surface area contributed by atoms with Crippen molar-refractivity contribution in [1.82, 2.24) is 10.6 Å². The second-order valence-electron chi connectivity index (χ2n) is 29.7. The number of hydrogen-bond donors (Lipinski definition) is 10. The fraction of sp³-hybridized carbons (Fsp3) is 0.349. The van der Waals surface area contributed by atoms with Gasteiger partial charge in [0.2, 0.25) is 11.6 Å². The van der Waals surface area contributed by atoms with Crippen LogP contribution in [-0.2, 0) is 60.3 Å². The molecule has 0 aromatic heterocycles. The van der Waals surface area contributed by atoms with Crippen molar-refractivity contribution in [1.29, 1.82) is 0 Å². The monoisotopic (exact) mass is 1560 g/mol. The van der Waals surface area contributed by atoms with Gasteiger partial charge in [0.15, 0.2) is 35.7 Å². The number of phenols is 4. The summed E-state index contributed by atoms with van der Waals surface area (Å²) in [4.78, 5) is 109. The largest absolute Gasteiger partial charge is 0.507 e. The highest BCUT2D eigenvalue weighted by Crippen LogP contribution is 2.56. The highest BCUT2D eigenvalue weighted by molar-refractivity contribution is 6.32. The standard InChI is InChI=1S/2C43H41NO13/c2*1-20-37(46)28(44-42(51)55-18-27-23-11-6-4-9-21(23)22-10-5-7-12-24(22)27)15-32(56-20)57-30-17-43(52,31(45)19-53-2)16-26-34(30)41(50)36-35(39(26)48)38(47)25-13-8-14-29(54-3)33(25)40(36)49/h2*4-14,20,27-28,30,32,37,46,48,50,52H,15-19H2,1-3H3,(H,44,51)/t2*20?,28?,30-,32?,37?,43-/m00/s1. The highest BCUT2D eigenvalue weighted by Gasteiger charge is 2.54. The number of ether oxygens (including phenoxy) is 10. The molecule has 592 valence electrons. The van der Waals surface area contributed by atoms with E-state index in [1.165, 1.54) is 64.8 Å². The van der Waals surface area contributed by atoms with Crippen molar-refractivity contribution in [3.63, 3.8) is 0 Å². The number of amides is 2. The second-order valence-corrected chi connectivity index (χ2v) is 29.7. The molecule has 16 rings (SSSR count). The van der Waals surface area contributed by atoms with E-state index in [0.717, 1.165) is 44.5 Å². The lowest BCUT2D eigenvalue weighted by Crippen LogP contribution is -2.56. The maximum Gasteiger partial charge on any atom is 0.407 e. The van der Waals surface area contributed by atoms with Crippen LogP contribution in [0.4, 0.5) is 9.59 Å². The molecule has 2 amide bonds. The number of phenolic OH excluding ortho intramolecular Hbond substituents is 4. The number of rotatable bonds is 18. The van der Waals surface area contributed by atoms with Crippen LogP contribution in [0.1, 0.15) is 172 Å². The van der Waals surface area contributed by atoms with Crippen molar-refractivity contribution in [2.45, 2.75) is 137 Å². The molecule has 28 heteroatoms. The van der Waals surface area contributed by atoms with E-state index in [4.69, 9.17) is 47.4 Å². The molecule has 114 heavy (non-hydrogen) atoms. The second kappa shape index (κ2) is 30.9. The zero-order chi connectivity index (χ0) is 80.7. The van der Waals surface area contributed by atoms with Crippen molar-refractivity contribution in [2.75, 3.05) is 54.9 Å². The topological polar surface area (TPSA) is 415 Å². The zero-order valence-corrected chi connectivity index (χ0v) is 62.6. The van der Waals surface area contributed by atoms with Crippen molar-refractivity contribution < 1.29 is 127 Å². The maximum absolute atomic E-state index is 14.0. The summed E-state index contributed by atoms with van der Waals surface area (Å²) in [6.45, 7) is 2.19. The lowest BCUT2D eigenvalue weighted by Gasteiger charge is -2.42. The lowest BCUT2D eigenvalue weighted by molar-refractivity contribution is -0.249. The minimum absolute atomic E-state index is 0.0340. The number of methoxy groups -OCH3 is 4. The van der Waals surface area contributed by atoms with E-state index < -0.39 is 204 Å². The Balaban J connectivity index is 0.000000180. The van der Waals surface area contributed by atoms with Crippen LogP contribution in [0.3, 0.4) is 0 Å². The van der Waals surface area contributed by atoms with E-state index in [1.807, 2.05) is 97.1 Å². The lowest BCUT2D eigenvalue weighted by atomic mass is 9.72. The molecule has 12 atom stereocenters. The Kier molecular flexibility index (Phi) is 21.2. The molecule has 2 aliphatic heterocycles. The minimum atomic E-state index is -2.21. The van der Waals surface area contributed by atoms with E-state index >= 15 is 0 Å². The number of alkyl carbamates (subject to hydrolysis) is 2. The van der Waals surface area contributed by atoms with E-state index in [1.54, 1.807) is 13.8 Å². The van der Waals surface area contributed by atoms with Gasteiger partial charge in [0.05, 0.1) is 84.1 Å². The van der Waals surface area contributed by atoms with Gasteiger partial charge in [-0.2, -0.15) is 0 Å². The van der Waals surface area contributed by atoms with Gasteiger partial charge in [0.25, 0.3) is 0 Å². The number of aliphatic hydroxyl groups is 4. The highest BCUT2D eigenvalue weighted by atomic mass is 16.7. The summed E-state index contributed by atoms with van der Waals surface area (Å²) in [5.74, 6) is -7.66. The molecule has 8 unspecified atom stereocenters. The molecule has 2 heterocycles. The summed E-state index contributed by atoms with van der Waals surface area (Å²) in [5, 5.41) is 98.5. The molecule has 0 radical (unpaired) electrons. The number of ketones is 6. The predicted molar refractivity (Wildman–Crippen MR) is 401 cm³/mol. The Morgan fingerprint density at radius 1 is 0.439 bits per heavy atom. The van der Waals surface area contributed by atoms with Crippen molar-refractivity contribution in [3.05, 3.63) is 222 Å². The quantitative estimate of drug-likeness (QED) is 0.0360. The number of Topliss-reactive ketones (excluding diaryl/α,β-unsaturated/α-hetero) is 2. The SMILES string of the molecule is COCC(=O)[C@]1(O)Cc2c(O)c3c(c(O)c2[C@@H](OC2CC(NC(=O)OCC4c5ccccc5-c5ccccc54)C(O)C(C)O2)C1)C(=O)c1c(OC)cccc1C3=O.COCC(=O)[C@]1(O)Cc2c(O)c3c(c(O)c2[C@@H](OC2CC(NC(=O)OCC4c5ccccc5-c5ccccc54)C(O)C(C)O2)C1)C(=O)c1c(OC)cccc1C3=O. The molecule has 0 spiro atoms. The minimum Gasteiger partial charge on any atom is -0.507 e. The van der Waals surface area contributed by atoms with Crippen LogP contribution in [-0.4, -0.2) is 203 Å². The number of aliphatic hydroxyl groups excluding tert-OH is 2. The van der Waals surface area contributed by atoms with Crippen LogP contribution in [0.5, 0.6) is 34.5 Å². The summed E-state index contributed by atoms with van der Waals surface area (Å²) >= 11 is 0. The maximum atomic E-state index is 14.0. The Morgan fingerprint density at radius 3 is 1.10 bits per heavy atom. The van der Waals surface area contributed by atoms with Crippen molar-refractivity contribution >= 4 is 46.9 Å². The van der Waals surface area contributed by atoms with Crippen LogP contribution < -0.4 is 20.1 Å². The fourth-order valence-electron chi connectivity index (χ4n) is 17.5. The van der Waals surface area contributed by atoms with Gasteiger partial charge in [-0.3, -0.25) is 28.8 Å². The van der Waals surface area contributed by atoms with Crippen LogP contribution in [0.25, 0.3) is 22.3 Å². The van der Waals surface area contributed by atoms with E-state index in [0.29, 0.717) is 0 Å². The third kappa shape index (κ3) is 13.5. The molecule has 8 aromatic carbocycles. The van der Waals surface area contributed by atoms with Gasteiger partial charge < -0.3 is 98.9 Å². The van der Waals surface area contributed by atoms with Crippen molar-refractivity contribution in [2.24, 2.45) is 0 Å². The summed E-state index contributed by atoms with van der Waals surface area (Å²) in [5.41, 5.74) is 1.04. The molecule has 10 N–H and O–H groups in total. The molecular weight excluding hydrogens is 1480 g/mol. The third-order valence-corrected chi connectivity index (χ3v) is 23.1. The van der Waals surface area contributed by atoms with Gasteiger partial charge in [-0.25, -0.2) is 9.59 Å². The van der Waals surface area contributed by atoms with Crippen LogP contribution in [0, 0.1) is 0 Å². The van der Waals surface area contributed by atoms with Gasteiger partial charge in [0, 0.05) is 98.0 Å². The Hall–Kier alpha value is -11.3. The molecule has 6 aliphatic carbocycles. The molecule has 2 fully saturated rings. The number of hydrogen-bond acceptors (Lipinski definition) is 26. The predicted octanol–water partition coefficient (Wildman–Crippen LogP) is 8.47. The molecule has 2 saturated heterocycles. The van der Waals surface area contributed by atoms with Gasteiger partial charge >= 0.3 is 12.2 Å². The summed E-state index contributed by atoms with van der Waals surface area (Å²) < 4.78 is 56.9. The molecule has 8 aliphatic rings. The Morgan fingerprint density at radius 2 is 0.763 bits per heavy atom. The van der Waals surface area contributed by atoms with E-state index in [9.17, 15) is 79.2 Å². The molecule has 0 bridgehead atoms. The van der Waals surface area contributed by atoms with Gasteiger partial charge in [-0.1, -0.05) is 121 Å². The number of fused-ring (bicyclic) bond motifs is 12. The first-order chi connectivity index (χ1) is 54.7. The Labute approximate surface area is 652 Å². The number of benzene rings is 8. The van der Waals surface area contributed by atoms with Gasteiger partial charge in [0.1, 0.15) is 84.3 Å². The smallest absolute Gasteiger partial charge is 0.407 e. The van der Waals surface area contributed by atoms with Gasteiger partial charge in [-0.15, -0.1) is 0 Å².